The molecule has 0 fully saturated rings. The van der Waals surface area contributed by atoms with E-state index in [2.05, 4.69) is 22.5 Å². The Kier molecular flexibility index (Phi) is 5.70. The molecular weight excluding hydrogens is 262 g/mol. The second-order valence-corrected chi connectivity index (χ2v) is 4.20. The molecular formula is C14H20ClN3O. The maximum Gasteiger partial charge on any atom is 0.119 e. The SMILES string of the molecule is CCOc1ccc(CNc2cnn(C)c2C)cc1.Cl. The number of nitrogens with zero attached hydrogens (tertiary/aromatic N) is 2. The van der Waals surface area contributed by atoms with E-state index in [9.17, 15) is 0 Å². The lowest BCUT2D eigenvalue weighted by Gasteiger charge is -2.07. The third-order valence-corrected chi connectivity index (χ3v) is 2.95. The molecule has 2 aromatic rings. The molecule has 1 aromatic carbocycles. The van der Waals surface area contributed by atoms with Crippen LogP contribution in [0.25, 0.3) is 0 Å². The third-order valence-electron chi connectivity index (χ3n) is 2.95. The first kappa shape index (κ1) is 15.4. The Bertz CT molecular complexity index is 508. The van der Waals surface area contributed by atoms with Gasteiger partial charge in [-0.15, -0.1) is 12.4 Å². The molecule has 104 valence electrons. The highest BCUT2D eigenvalue weighted by molar-refractivity contribution is 5.85. The van der Waals surface area contributed by atoms with E-state index in [1.165, 1.54) is 5.56 Å². The van der Waals surface area contributed by atoms with Gasteiger partial charge in [0.2, 0.25) is 0 Å². The van der Waals surface area contributed by atoms with Crippen LogP contribution in [0.15, 0.2) is 30.5 Å². The van der Waals surface area contributed by atoms with Crippen molar-refractivity contribution in [1.29, 1.82) is 0 Å². The lowest BCUT2D eigenvalue weighted by Crippen LogP contribution is -2.01. The molecule has 0 unspecified atom stereocenters. The van der Waals surface area contributed by atoms with Crippen LogP contribution in [-0.2, 0) is 13.6 Å². The third kappa shape index (κ3) is 3.89. The van der Waals surface area contributed by atoms with Crippen LogP contribution in [0.1, 0.15) is 18.2 Å². The van der Waals surface area contributed by atoms with E-state index in [0.717, 1.165) is 23.7 Å². The van der Waals surface area contributed by atoms with E-state index in [1.807, 2.05) is 43.9 Å². The smallest absolute Gasteiger partial charge is 0.119 e. The van der Waals surface area contributed by atoms with E-state index >= 15 is 0 Å². The maximum absolute atomic E-state index is 5.41. The van der Waals surface area contributed by atoms with Gasteiger partial charge in [-0.25, -0.2) is 0 Å². The Morgan fingerprint density at radius 2 is 1.95 bits per heavy atom. The Hall–Kier alpha value is -1.68. The molecule has 0 radical (unpaired) electrons. The van der Waals surface area contributed by atoms with Crippen LogP contribution in [0.2, 0.25) is 0 Å². The summed E-state index contributed by atoms with van der Waals surface area (Å²) < 4.78 is 7.27. The van der Waals surface area contributed by atoms with Gasteiger partial charge in [-0.05, 0) is 31.5 Å². The normalized spacial score (nSPS) is 9.84. The van der Waals surface area contributed by atoms with E-state index in [4.69, 9.17) is 4.74 Å². The van der Waals surface area contributed by atoms with Gasteiger partial charge in [-0.1, -0.05) is 12.1 Å². The van der Waals surface area contributed by atoms with Gasteiger partial charge in [0.1, 0.15) is 5.75 Å². The number of halogens is 1. The molecule has 2 rings (SSSR count). The van der Waals surface area contributed by atoms with Gasteiger partial charge in [-0.3, -0.25) is 4.68 Å². The van der Waals surface area contributed by atoms with Crippen molar-refractivity contribution in [3.05, 3.63) is 41.7 Å². The van der Waals surface area contributed by atoms with Crippen molar-refractivity contribution in [1.82, 2.24) is 9.78 Å². The summed E-state index contributed by atoms with van der Waals surface area (Å²) in [6.45, 7) is 5.53. The van der Waals surface area contributed by atoms with Gasteiger partial charge in [0, 0.05) is 13.6 Å². The summed E-state index contributed by atoms with van der Waals surface area (Å²) in [4.78, 5) is 0. The molecule has 19 heavy (non-hydrogen) atoms. The Morgan fingerprint density at radius 1 is 1.26 bits per heavy atom. The molecule has 0 saturated carbocycles. The van der Waals surface area contributed by atoms with Crippen molar-refractivity contribution in [2.24, 2.45) is 7.05 Å². The van der Waals surface area contributed by atoms with Crippen molar-refractivity contribution in [2.75, 3.05) is 11.9 Å². The molecule has 1 N–H and O–H groups in total. The van der Waals surface area contributed by atoms with Crippen LogP contribution in [0, 0.1) is 6.92 Å². The number of rotatable bonds is 5. The highest BCUT2D eigenvalue weighted by atomic mass is 35.5. The molecule has 0 bridgehead atoms. The molecule has 0 spiro atoms. The fraction of sp³-hybridized carbons (Fsp3) is 0.357. The zero-order chi connectivity index (χ0) is 13.0. The van der Waals surface area contributed by atoms with Crippen LogP contribution in [0.4, 0.5) is 5.69 Å². The first-order chi connectivity index (χ1) is 8.70. The molecule has 1 heterocycles. The topological polar surface area (TPSA) is 39.1 Å². The largest absolute Gasteiger partial charge is 0.494 e. The second-order valence-electron chi connectivity index (χ2n) is 4.20. The Morgan fingerprint density at radius 3 is 2.47 bits per heavy atom. The summed E-state index contributed by atoms with van der Waals surface area (Å²) in [6.07, 6.45) is 1.85. The van der Waals surface area contributed by atoms with Gasteiger partial charge in [0.15, 0.2) is 0 Å². The monoisotopic (exact) mass is 281 g/mol. The molecule has 5 heteroatoms. The summed E-state index contributed by atoms with van der Waals surface area (Å²) in [5.74, 6) is 0.916. The Balaban J connectivity index is 0.00000180. The predicted molar refractivity (Wildman–Crippen MR) is 80.1 cm³/mol. The average Bonchev–Trinajstić information content (AvgIpc) is 2.70. The molecule has 0 aliphatic heterocycles. The van der Waals surface area contributed by atoms with Gasteiger partial charge in [0.05, 0.1) is 24.2 Å². The number of hydrogen-bond acceptors (Lipinski definition) is 3. The van der Waals surface area contributed by atoms with Gasteiger partial charge in [-0.2, -0.15) is 5.10 Å². The van der Waals surface area contributed by atoms with E-state index in [-0.39, 0.29) is 12.4 Å². The van der Waals surface area contributed by atoms with Crippen LogP contribution in [0.5, 0.6) is 5.75 Å². The highest BCUT2D eigenvalue weighted by Crippen LogP contribution is 2.16. The number of aryl methyl sites for hydroxylation is 1. The summed E-state index contributed by atoms with van der Waals surface area (Å²) in [5.41, 5.74) is 3.44. The van der Waals surface area contributed by atoms with Crippen LogP contribution in [-0.4, -0.2) is 16.4 Å². The zero-order valence-corrected chi connectivity index (χ0v) is 12.3. The molecule has 0 atom stereocenters. The quantitative estimate of drug-likeness (QED) is 0.915. The summed E-state index contributed by atoms with van der Waals surface area (Å²) in [6, 6.07) is 8.14. The van der Waals surface area contributed by atoms with Crippen molar-refractivity contribution in [2.45, 2.75) is 20.4 Å². The van der Waals surface area contributed by atoms with Crippen molar-refractivity contribution >= 4 is 18.1 Å². The number of hydrogen-bond donors (Lipinski definition) is 1. The van der Waals surface area contributed by atoms with Crippen LogP contribution < -0.4 is 10.1 Å². The molecule has 4 nitrogen and oxygen atoms in total. The molecule has 0 amide bonds. The van der Waals surface area contributed by atoms with E-state index < -0.39 is 0 Å². The number of ether oxygens (including phenoxy) is 1. The molecule has 0 aliphatic carbocycles. The lowest BCUT2D eigenvalue weighted by atomic mass is 10.2. The number of aromatic nitrogens is 2. The van der Waals surface area contributed by atoms with Crippen LogP contribution >= 0.6 is 12.4 Å². The number of anilines is 1. The highest BCUT2D eigenvalue weighted by Gasteiger charge is 2.02. The minimum absolute atomic E-state index is 0. The van der Waals surface area contributed by atoms with E-state index in [1.54, 1.807) is 0 Å². The zero-order valence-electron chi connectivity index (χ0n) is 11.5. The van der Waals surface area contributed by atoms with Gasteiger partial charge >= 0.3 is 0 Å². The maximum atomic E-state index is 5.41. The van der Waals surface area contributed by atoms with Crippen molar-refractivity contribution in [3.63, 3.8) is 0 Å². The first-order valence-corrected chi connectivity index (χ1v) is 6.15. The number of nitrogens with one attached hydrogen (secondary N) is 1. The minimum atomic E-state index is 0. The fourth-order valence-electron chi connectivity index (χ4n) is 1.74. The standard InChI is InChI=1S/C14H19N3O.ClH/c1-4-18-13-7-5-12(6-8-13)9-15-14-10-16-17(3)11(14)2;/h5-8,10,15H,4,9H2,1-3H3;1H. The number of benzene rings is 1. The first-order valence-electron chi connectivity index (χ1n) is 6.15. The summed E-state index contributed by atoms with van der Waals surface area (Å²) in [7, 11) is 1.94. The fourth-order valence-corrected chi connectivity index (χ4v) is 1.74. The average molecular weight is 282 g/mol. The lowest BCUT2D eigenvalue weighted by molar-refractivity contribution is 0.340. The summed E-state index contributed by atoms with van der Waals surface area (Å²) in [5, 5.41) is 7.58. The van der Waals surface area contributed by atoms with E-state index in [0.29, 0.717) is 6.61 Å². The van der Waals surface area contributed by atoms with Crippen molar-refractivity contribution in [3.8, 4) is 5.75 Å². The Labute approximate surface area is 120 Å². The molecule has 0 aliphatic rings. The minimum Gasteiger partial charge on any atom is -0.494 e. The summed E-state index contributed by atoms with van der Waals surface area (Å²) >= 11 is 0. The predicted octanol–water partition coefficient (Wildman–Crippen LogP) is 3.16. The second kappa shape index (κ2) is 7.04. The molecule has 0 saturated heterocycles. The van der Waals surface area contributed by atoms with Gasteiger partial charge < -0.3 is 10.1 Å². The van der Waals surface area contributed by atoms with Gasteiger partial charge in [0.25, 0.3) is 0 Å². The van der Waals surface area contributed by atoms with Crippen LogP contribution in [0.3, 0.4) is 0 Å². The van der Waals surface area contributed by atoms with Crippen molar-refractivity contribution < 1.29 is 4.74 Å². The molecule has 1 aromatic heterocycles.